The molecular formula is C29H38N2O4. The van der Waals surface area contributed by atoms with E-state index in [0.717, 1.165) is 81.2 Å². The van der Waals surface area contributed by atoms with Gasteiger partial charge in [0.05, 0.1) is 26.7 Å². The van der Waals surface area contributed by atoms with Gasteiger partial charge >= 0.3 is 0 Å². The molecule has 2 aromatic rings. The molecule has 35 heavy (non-hydrogen) atoms. The number of likely N-dealkylation sites (tertiary alicyclic amines) is 2. The van der Waals surface area contributed by atoms with Gasteiger partial charge in [-0.15, -0.1) is 0 Å². The van der Waals surface area contributed by atoms with E-state index in [4.69, 9.17) is 14.2 Å². The first-order chi connectivity index (χ1) is 17.1. The van der Waals surface area contributed by atoms with Crippen LogP contribution in [0.4, 0.5) is 0 Å². The number of aryl methyl sites for hydroxylation is 2. The van der Waals surface area contributed by atoms with Gasteiger partial charge in [0.25, 0.3) is 0 Å². The third kappa shape index (κ3) is 5.58. The fourth-order valence-electron chi connectivity index (χ4n) is 6.02. The third-order valence-electron chi connectivity index (χ3n) is 7.79. The van der Waals surface area contributed by atoms with Crippen molar-refractivity contribution in [3.63, 3.8) is 0 Å². The van der Waals surface area contributed by atoms with Gasteiger partial charge in [-0.05, 0) is 79.5 Å². The number of rotatable bonds is 8. The second kappa shape index (κ2) is 10.9. The summed E-state index contributed by atoms with van der Waals surface area (Å²) in [6, 6.07) is 12.6. The van der Waals surface area contributed by atoms with Crippen molar-refractivity contribution in [3.8, 4) is 17.2 Å². The molecule has 2 aromatic carbocycles. The molecule has 2 heterocycles. The molecule has 188 valence electrons. The van der Waals surface area contributed by atoms with E-state index in [9.17, 15) is 4.79 Å². The maximum absolute atomic E-state index is 13.4. The van der Waals surface area contributed by atoms with Gasteiger partial charge in [-0.1, -0.05) is 12.1 Å². The molecule has 6 nitrogen and oxygen atoms in total. The summed E-state index contributed by atoms with van der Waals surface area (Å²) in [5, 5.41) is 0. The van der Waals surface area contributed by atoms with Gasteiger partial charge in [-0.25, -0.2) is 0 Å². The molecule has 1 aliphatic carbocycles. The molecule has 0 saturated carbocycles. The van der Waals surface area contributed by atoms with Crippen LogP contribution in [0.5, 0.6) is 17.2 Å². The minimum atomic E-state index is 0.0237. The summed E-state index contributed by atoms with van der Waals surface area (Å²) in [6.45, 7) is 4.94. The molecule has 0 radical (unpaired) electrons. The minimum Gasteiger partial charge on any atom is -0.493 e. The number of ether oxygens (including phenoxy) is 3. The highest BCUT2D eigenvalue weighted by atomic mass is 16.5. The van der Waals surface area contributed by atoms with Crippen LogP contribution in [0.3, 0.4) is 0 Å². The predicted molar refractivity (Wildman–Crippen MR) is 136 cm³/mol. The first-order valence-electron chi connectivity index (χ1n) is 13.1. The molecule has 1 amide bonds. The average Bonchev–Trinajstić information content (AvgIpc) is 3.59. The number of carbonyl (C=O) groups is 1. The van der Waals surface area contributed by atoms with Gasteiger partial charge in [0.2, 0.25) is 5.91 Å². The maximum Gasteiger partial charge on any atom is 0.226 e. The van der Waals surface area contributed by atoms with E-state index in [1.807, 2.05) is 12.1 Å². The molecule has 2 fully saturated rings. The van der Waals surface area contributed by atoms with Crippen LogP contribution in [0, 0.1) is 11.8 Å². The number of hydrogen-bond donors (Lipinski definition) is 0. The van der Waals surface area contributed by atoms with Gasteiger partial charge in [0.15, 0.2) is 11.5 Å². The first-order valence-corrected chi connectivity index (χ1v) is 13.1. The Morgan fingerprint density at radius 2 is 1.71 bits per heavy atom. The number of piperidine rings is 1. The largest absolute Gasteiger partial charge is 0.493 e. The summed E-state index contributed by atoms with van der Waals surface area (Å²) in [6.07, 6.45) is 6.72. The zero-order valence-corrected chi connectivity index (χ0v) is 21.1. The Morgan fingerprint density at radius 1 is 0.914 bits per heavy atom. The lowest BCUT2D eigenvalue weighted by Crippen LogP contribution is -2.48. The average molecular weight is 479 g/mol. The van der Waals surface area contributed by atoms with E-state index >= 15 is 0 Å². The summed E-state index contributed by atoms with van der Waals surface area (Å²) in [5.74, 6) is 3.09. The normalized spacial score (nSPS) is 22.2. The van der Waals surface area contributed by atoms with Crippen LogP contribution >= 0.6 is 0 Å². The van der Waals surface area contributed by atoms with Crippen molar-refractivity contribution >= 4 is 5.91 Å². The van der Waals surface area contributed by atoms with Crippen molar-refractivity contribution in [2.45, 2.75) is 45.1 Å². The Morgan fingerprint density at radius 3 is 2.51 bits per heavy atom. The molecule has 0 spiro atoms. The van der Waals surface area contributed by atoms with Crippen LogP contribution < -0.4 is 14.2 Å². The molecule has 2 atom stereocenters. The summed E-state index contributed by atoms with van der Waals surface area (Å²) in [7, 11) is 3.32. The van der Waals surface area contributed by atoms with Gasteiger partial charge < -0.3 is 19.1 Å². The maximum atomic E-state index is 13.4. The lowest BCUT2D eigenvalue weighted by atomic mass is 9.88. The predicted octanol–water partition coefficient (Wildman–Crippen LogP) is 4.33. The number of hydrogen-bond acceptors (Lipinski definition) is 5. The quantitative estimate of drug-likeness (QED) is 0.565. The standard InChI is InChI=1S/C29H38N2O4/c1-33-27-11-8-21(15-28(27)34-2)17-30-18-22(14-25(19-30)29(32)31-12-3-4-13-31)20-35-26-10-9-23-6-5-7-24(23)16-26/h8-11,15-16,22,25H,3-7,12-14,17-20H2,1-2H3/t22-,25+/m0/s1. The number of methoxy groups -OCH3 is 2. The Bertz CT molecular complexity index is 1030. The van der Waals surface area contributed by atoms with E-state index in [0.29, 0.717) is 18.4 Å². The summed E-state index contributed by atoms with van der Waals surface area (Å²) < 4.78 is 17.2. The number of fused-ring (bicyclic) bond motifs is 1. The topological polar surface area (TPSA) is 51.2 Å². The van der Waals surface area contributed by atoms with E-state index in [1.165, 1.54) is 24.0 Å². The van der Waals surface area contributed by atoms with Crippen molar-refractivity contribution in [3.05, 3.63) is 53.1 Å². The van der Waals surface area contributed by atoms with Crippen LogP contribution in [0.1, 0.15) is 42.4 Å². The molecule has 2 saturated heterocycles. The Labute approximate surface area is 209 Å². The van der Waals surface area contributed by atoms with Crippen molar-refractivity contribution in [2.24, 2.45) is 11.8 Å². The van der Waals surface area contributed by atoms with Crippen LogP contribution in [0.15, 0.2) is 36.4 Å². The highest BCUT2D eigenvalue weighted by Gasteiger charge is 2.35. The van der Waals surface area contributed by atoms with Crippen molar-refractivity contribution in [1.82, 2.24) is 9.80 Å². The number of carbonyl (C=O) groups excluding carboxylic acids is 1. The third-order valence-corrected chi connectivity index (χ3v) is 7.79. The van der Waals surface area contributed by atoms with Gasteiger partial charge in [0.1, 0.15) is 5.75 Å². The molecule has 2 aliphatic heterocycles. The minimum absolute atomic E-state index is 0.0237. The molecule has 0 aromatic heterocycles. The van der Waals surface area contributed by atoms with Gasteiger partial charge in [-0.3, -0.25) is 9.69 Å². The van der Waals surface area contributed by atoms with E-state index in [1.54, 1.807) is 14.2 Å². The zero-order chi connectivity index (χ0) is 24.2. The Hall–Kier alpha value is -2.73. The number of amides is 1. The first kappa shape index (κ1) is 24.0. The Kier molecular flexibility index (Phi) is 7.47. The number of benzene rings is 2. The van der Waals surface area contributed by atoms with Crippen molar-refractivity contribution in [1.29, 1.82) is 0 Å². The molecule has 0 unspecified atom stereocenters. The monoisotopic (exact) mass is 478 g/mol. The van der Waals surface area contributed by atoms with E-state index in [-0.39, 0.29) is 5.92 Å². The summed E-state index contributed by atoms with van der Waals surface area (Å²) >= 11 is 0. The lowest BCUT2D eigenvalue weighted by molar-refractivity contribution is -0.137. The van der Waals surface area contributed by atoms with Gasteiger partial charge in [-0.2, -0.15) is 0 Å². The fraction of sp³-hybridized carbons (Fsp3) is 0.552. The molecule has 5 rings (SSSR count). The summed E-state index contributed by atoms with van der Waals surface area (Å²) in [4.78, 5) is 17.8. The highest BCUT2D eigenvalue weighted by molar-refractivity contribution is 5.79. The zero-order valence-electron chi connectivity index (χ0n) is 21.1. The second-order valence-electron chi connectivity index (χ2n) is 10.3. The van der Waals surface area contributed by atoms with Crippen LogP contribution in [0.2, 0.25) is 0 Å². The molecule has 3 aliphatic rings. The molecular weight excluding hydrogens is 440 g/mol. The molecule has 0 N–H and O–H groups in total. The van der Waals surface area contributed by atoms with Crippen LogP contribution in [-0.2, 0) is 24.2 Å². The van der Waals surface area contributed by atoms with E-state index in [2.05, 4.69) is 34.1 Å². The van der Waals surface area contributed by atoms with E-state index < -0.39 is 0 Å². The fourth-order valence-corrected chi connectivity index (χ4v) is 6.02. The Balaban J connectivity index is 1.28. The number of nitrogens with zero attached hydrogens (tertiary/aromatic N) is 2. The van der Waals surface area contributed by atoms with Gasteiger partial charge in [0, 0.05) is 38.6 Å². The molecule has 0 bridgehead atoms. The van der Waals surface area contributed by atoms with Crippen LogP contribution in [0.25, 0.3) is 0 Å². The lowest BCUT2D eigenvalue weighted by Gasteiger charge is -2.38. The molecule has 6 heteroatoms. The van der Waals surface area contributed by atoms with Crippen molar-refractivity contribution < 1.29 is 19.0 Å². The smallest absolute Gasteiger partial charge is 0.226 e. The highest BCUT2D eigenvalue weighted by Crippen LogP contribution is 2.31. The second-order valence-corrected chi connectivity index (χ2v) is 10.3. The van der Waals surface area contributed by atoms with Crippen molar-refractivity contribution in [2.75, 3.05) is 47.0 Å². The summed E-state index contributed by atoms with van der Waals surface area (Å²) in [5.41, 5.74) is 4.06. The van der Waals surface area contributed by atoms with Crippen LogP contribution in [-0.4, -0.2) is 62.7 Å². The SMILES string of the molecule is COc1ccc(CN2C[C@@H](COc3ccc4c(c3)CCC4)C[C@@H](C(=O)N3CCCC3)C2)cc1OC.